The van der Waals surface area contributed by atoms with Gasteiger partial charge in [-0.1, -0.05) is 40.7 Å². The Balaban J connectivity index is 1.66. The Hall–Kier alpha value is -2.89. The molecule has 0 aliphatic carbocycles. The quantitative estimate of drug-likeness (QED) is 0.643. The molecule has 0 aromatic heterocycles. The first-order valence-corrected chi connectivity index (χ1v) is 11.8. The van der Waals surface area contributed by atoms with E-state index in [9.17, 15) is 4.79 Å². The van der Waals surface area contributed by atoms with Gasteiger partial charge in [0.05, 0.1) is 24.3 Å². The maximum atomic E-state index is 15.2. The molecule has 176 valence electrons. The monoisotopic (exact) mass is 451 g/mol. The maximum Gasteiger partial charge on any atom is 0.182 e. The second kappa shape index (κ2) is 8.47. The fourth-order valence-corrected chi connectivity index (χ4v) is 4.90. The van der Waals surface area contributed by atoms with Gasteiger partial charge in [0.1, 0.15) is 24.0 Å². The van der Waals surface area contributed by atoms with E-state index < -0.39 is 0 Å². The summed E-state index contributed by atoms with van der Waals surface area (Å²) in [6.45, 7) is 12.1. The van der Waals surface area contributed by atoms with E-state index in [1.807, 2.05) is 39.1 Å². The first kappa shape index (κ1) is 23.3. The number of amidine groups is 1. The number of hydrogen-bond donors (Lipinski definition) is 1. The molecule has 0 saturated carbocycles. The van der Waals surface area contributed by atoms with Gasteiger partial charge in [-0.05, 0) is 47.1 Å². The van der Waals surface area contributed by atoms with Crippen LogP contribution in [-0.4, -0.2) is 43.3 Å². The van der Waals surface area contributed by atoms with Crippen molar-refractivity contribution >= 4 is 17.3 Å². The van der Waals surface area contributed by atoms with Crippen LogP contribution in [0.5, 0.6) is 5.75 Å². The second-order valence-corrected chi connectivity index (χ2v) is 10.1. The molecular formula is C27H34FN3O2. The van der Waals surface area contributed by atoms with Crippen LogP contribution in [0.25, 0.3) is 0 Å². The Bertz CT molecular complexity index is 1130. The summed E-state index contributed by atoms with van der Waals surface area (Å²) in [6, 6.07) is 5.83. The lowest BCUT2D eigenvalue weighted by Crippen LogP contribution is -2.33. The van der Waals surface area contributed by atoms with Gasteiger partial charge in [0.2, 0.25) is 0 Å². The molecule has 0 amide bonds. The fourth-order valence-electron chi connectivity index (χ4n) is 4.90. The summed E-state index contributed by atoms with van der Waals surface area (Å²) in [5, 5.41) is 8.61. The number of hydrogen-bond acceptors (Lipinski definition) is 4. The van der Waals surface area contributed by atoms with Crippen LogP contribution in [0.15, 0.2) is 18.2 Å². The van der Waals surface area contributed by atoms with Crippen LogP contribution in [0.4, 0.5) is 10.1 Å². The van der Waals surface area contributed by atoms with Gasteiger partial charge < -0.3 is 14.5 Å². The molecule has 2 aliphatic heterocycles. The van der Waals surface area contributed by atoms with Crippen LogP contribution in [-0.2, 0) is 24.8 Å². The van der Waals surface area contributed by atoms with E-state index in [0.29, 0.717) is 36.3 Å². The molecule has 0 unspecified atom stereocenters. The first-order chi connectivity index (χ1) is 15.6. The number of Topliss-reactive ketones (excluding diaryl/α,β-unsaturated/α-hetero) is 1. The van der Waals surface area contributed by atoms with Crippen molar-refractivity contribution in [2.45, 2.75) is 59.4 Å². The highest BCUT2D eigenvalue weighted by atomic mass is 19.1. The number of nitrogens with one attached hydrogen (secondary N) is 1. The average molecular weight is 452 g/mol. The van der Waals surface area contributed by atoms with Crippen molar-refractivity contribution in [3.63, 3.8) is 0 Å². The highest BCUT2D eigenvalue weighted by Gasteiger charge is 2.32. The van der Waals surface area contributed by atoms with Gasteiger partial charge in [-0.3, -0.25) is 10.2 Å². The van der Waals surface area contributed by atoms with Crippen molar-refractivity contribution in [1.29, 1.82) is 5.41 Å². The van der Waals surface area contributed by atoms with Crippen molar-refractivity contribution in [2.75, 3.05) is 31.6 Å². The molecule has 4 rings (SSSR count). The van der Waals surface area contributed by atoms with Gasteiger partial charge in [0.25, 0.3) is 0 Å². The van der Waals surface area contributed by atoms with E-state index >= 15 is 4.39 Å². The number of rotatable bonds is 5. The summed E-state index contributed by atoms with van der Waals surface area (Å²) in [5.41, 5.74) is 5.15. The number of halogens is 1. The number of benzene rings is 2. The van der Waals surface area contributed by atoms with Crippen LogP contribution in [0.3, 0.4) is 0 Å². The smallest absolute Gasteiger partial charge is 0.182 e. The maximum absolute atomic E-state index is 15.2. The Morgan fingerprint density at radius 2 is 1.91 bits per heavy atom. The number of fused-ring (bicyclic) bond motifs is 2. The minimum atomic E-state index is -0.297. The molecule has 2 heterocycles. The number of likely N-dealkylation sites (N-methyl/N-ethyl adjacent to an activating group) is 1. The molecule has 0 bridgehead atoms. The van der Waals surface area contributed by atoms with Gasteiger partial charge >= 0.3 is 0 Å². The molecule has 1 N–H and O–H groups in total. The molecule has 5 nitrogen and oxygen atoms in total. The standard InChI is InChI=1S/C27H34FN3O2/c1-7-16-11-18-14-31(26(29)23(18)24(28)19(16)8-2)15-22(32)17-12-20(27(3,4)5)25-21(13-17)30(6)9-10-33-25/h11-13,29H,7-10,14-15H2,1-6H3. The van der Waals surface area contributed by atoms with E-state index in [2.05, 4.69) is 25.7 Å². The van der Waals surface area contributed by atoms with Gasteiger partial charge in [0, 0.05) is 24.7 Å². The second-order valence-electron chi connectivity index (χ2n) is 10.1. The lowest BCUT2D eigenvalue weighted by Gasteiger charge is -2.33. The van der Waals surface area contributed by atoms with Crippen LogP contribution in [0.2, 0.25) is 0 Å². The minimum Gasteiger partial charge on any atom is -0.489 e. The summed E-state index contributed by atoms with van der Waals surface area (Å²) >= 11 is 0. The van der Waals surface area contributed by atoms with E-state index in [4.69, 9.17) is 10.1 Å². The Kier molecular flexibility index (Phi) is 5.97. The predicted octanol–water partition coefficient (Wildman–Crippen LogP) is 5.10. The van der Waals surface area contributed by atoms with Crippen molar-refractivity contribution in [2.24, 2.45) is 0 Å². The first-order valence-electron chi connectivity index (χ1n) is 11.8. The van der Waals surface area contributed by atoms with Gasteiger partial charge in [0.15, 0.2) is 5.78 Å². The zero-order valence-electron chi connectivity index (χ0n) is 20.6. The molecule has 2 aliphatic rings. The largest absolute Gasteiger partial charge is 0.489 e. The van der Waals surface area contributed by atoms with Crippen molar-refractivity contribution in [3.05, 3.63) is 57.4 Å². The topological polar surface area (TPSA) is 56.6 Å². The van der Waals surface area contributed by atoms with Crippen LogP contribution >= 0.6 is 0 Å². The Morgan fingerprint density at radius 3 is 2.55 bits per heavy atom. The summed E-state index contributed by atoms with van der Waals surface area (Å²) < 4.78 is 21.2. The van der Waals surface area contributed by atoms with Crippen LogP contribution in [0.1, 0.15) is 72.8 Å². The highest BCUT2D eigenvalue weighted by Crippen LogP contribution is 2.41. The number of nitrogens with zero attached hydrogens (tertiary/aromatic N) is 2. The number of carbonyl (C=O) groups excluding carboxylic acids is 1. The van der Waals surface area contributed by atoms with Crippen LogP contribution < -0.4 is 9.64 Å². The molecule has 6 heteroatoms. The van der Waals surface area contributed by atoms with Crippen molar-refractivity contribution in [3.8, 4) is 5.75 Å². The molecular weight excluding hydrogens is 417 g/mol. The molecule has 2 aromatic carbocycles. The predicted molar refractivity (Wildman–Crippen MR) is 131 cm³/mol. The number of ether oxygens (including phenoxy) is 1. The van der Waals surface area contributed by atoms with Crippen molar-refractivity contribution in [1.82, 2.24) is 4.90 Å². The van der Waals surface area contributed by atoms with E-state index in [1.54, 1.807) is 4.90 Å². The summed E-state index contributed by atoms with van der Waals surface area (Å²) in [7, 11) is 2.01. The molecule has 0 radical (unpaired) electrons. The van der Waals surface area contributed by atoms with Gasteiger partial charge in [-0.25, -0.2) is 4.39 Å². The normalized spacial score (nSPS) is 15.4. The minimum absolute atomic E-state index is 0.0445. The third-order valence-electron chi connectivity index (χ3n) is 6.81. The zero-order chi connectivity index (χ0) is 24.1. The Morgan fingerprint density at radius 1 is 1.18 bits per heavy atom. The van der Waals surface area contributed by atoms with Gasteiger partial charge in [-0.15, -0.1) is 0 Å². The van der Waals surface area contributed by atoms with Crippen LogP contribution in [0, 0.1) is 11.2 Å². The molecule has 0 saturated heterocycles. The molecule has 2 aromatic rings. The van der Waals surface area contributed by atoms with E-state index in [-0.39, 0.29) is 29.4 Å². The highest BCUT2D eigenvalue weighted by molar-refractivity contribution is 6.06. The molecule has 0 fully saturated rings. The summed E-state index contributed by atoms with van der Waals surface area (Å²) in [6.07, 6.45) is 1.34. The average Bonchev–Trinajstić information content (AvgIpc) is 3.07. The molecule has 33 heavy (non-hydrogen) atoms. The number of anilines is 1. The third kappa shape index (κ3) is 4.00. The SMILES string of the molecule is CCc1cc2c(c(F)c1CC)C(=N)N(CC(=O)c1cc3c(c(C(C)(C)C)c1)OCCN3C)C2. The van der Waals surface area contributed by atoms with E-state index in [0.717, 1.165) is 41.1 Å². The van der Waals surface area contributed by atoms with E-state index in [1.165, 1.54) is 0 Å². The lowest BCUT2D eigenvalue weighted by atomic mass is 9.84. The molecule has 0 atom stereocenters. The summed E-state index contributed by atoms with van der Waals surface area (Å²) in [4.78, 5) is 17.2. The van der Waals surface area contributed by atoms with Crippen molar-refractivity contribution < 1.29 is 13.9 Å². The molecule has 0 spiro atoms. The summed E-state index contributed by atoms with van der Waals surface area (Å²) in [5.74, 6) is 0.569. The van der Waals surface area contributed by atoms with Gasteiger partial charge in [-0.2, -0.15) is 0 Å². The number of aryl methyl sites for hydroxylation is 1. The zero-order valence-corrected chi connectivity index (χ0v) is 20.6. The number of ketones is 1. The third-order valence-corrected chi connectivity index (χ3v) is 6.81. The lowest BCUT2D eigenvalue weighted by molar-refractivity contribution is 0.0962. The number of carbonyl (C=O) groups is 1. The Labute approximate surface area is 196 Å². The fraction of sp³-hybridized carbons (Fsp3) is 0.481.